The molecule has 3 heterocycles. The van der Waals surface area contributed by atoms with Crippen LogP contribution in [-0.2, 0) is 27.4 Å². The SMILES string of the molecule is CC(C)(C)OC(=O)c1ccccc1Cn1cc(COCN2C[C@@H](CO)C3(C2)CN(C(=O)[C@H]2CC2(C)C)C3)cn1. The van der Waals surface area contributed by atoms with E-state index in [9.17, 15) is 14.7 Å². The van der Waals surface area contributed by atoms with E-state index in [2.05, 4.69) is 23.8 Å². The van der Waals surface area contributed by atoms with E-state index in [0.29, 0.717) is 25.4 Å². The highest BCUT2D eigenvalue weighted by Gasteiger charge is 2.59. The Kier molecular flexibility index (Phi) is 7.37. The Hall–Kier alpha value is -2.75. The van der Waals surface area contributed by atoms with E-state index in [1.54, 1.807) is 16.9 Å². The van der Waals surface area contributed by atoms with Crippen LogP contribution in [0, 0.1) is 22.7 Å². The molecule has 1 aromatic heterocycles. The summed E-state index contributed by atoms with van der Waals surface area (Å²) in [5, 5.41) is 14.5. The molecule has 1 spiro atoms. The molecule has 3 fully saturated rings. The molecule has 5 rings (SSSR count). The molecule has 1 aromatic carbocycles. The van der Waals surface area contributed by atoms with Crippen molar-refractivity contribution in [2.24, 2.45) is 22.7 Å². The van der Waals surface area contributed by atoms with E-state index < -0.39 is 5.60 Å². The number of esters is 1. The van der Waals surface area contributed by atoms with Gasteiger partial charge in [0.1, 0.15) is 5.60 Å². The van der Waals surface area contributed by atoms with Crippen molar-refractivity contribution in [2.75, 3.05) is 39.5 Å². The molecule has 9 heteroatoms. The maximum Gasteiger partial charge on any atom is 0.338 e. The van der Waals surface area contributed by atoms with Gasteiger partial charge >= 0.3 is 5.97 Å². The van der Waals surface area contributed by atoms with Gasteiger partial charge in [0, 0.05) is 61.8 Å². The number of benzene rings is 1. The fraction of sp³-hybridized carbons (Fsp3) is 0.633. The third-order valence-corrected chi connectivity index (χ3v) is 8.44. The molecule has 1 N–H and O–H groups in total. The lowest BCUT2D eigenvalue weighted by Gasteiger charge is -2.51. The van der Waals surface area contributed by atoms with Crippen LogP contribution in [0.1, 0.15) is 62.5 Å². The molecule has 9 nitrogen and oxygen atoms in total. The Labute approximate surface area is 231 Å². The first-order valence-corrected chi connectivity index (χ1v) is 13.9. The third kappa shape index (κ3) is 6.05. The summed E-state index contributed by atoms with van der Waals surface area (Å²) in [5.74, 6) is 0.261. The Bertz CT molecular complexity index is 1210. The van der Waals surface area contributed by atoms with Crippen LogP contribution >= 0.6 is 0 Å². The fourth-order valence-corrected chi connectivity index (χ4v) is 6.06. The van der Waals surface area contributed by atoms with Gasteiger partial charge < -0.3 is 19.5 Å². The van der Waals surface area contributed by atoms with Crippen molar-refractivity contribution in [2.45, 2.75) is 59.8 Å². The number of carbonyl (C=O) groups excluding carboxylic acids is 2. The number of hydrogen-bond donors (Lipinski definition) is 1. The lowest BCUT2D eigenvalue weighted by Crippen LogP contribution is -2.63. The van der Waals surface area contributed by atoms with Crippen LogP contribution in [0.25, 0.3) is 0 Å². The molecule has 0 radical (unpaired) electrons. The summed E-state index contributed by atoms with van der Waals surface area (Å²) in [7, 11) is 0. The van der Waals surface area contributed by atoms with Crippen LogP contribution in [0.5, 0.6) is 0 Å². The number of aliphatic hydroxyl groups excluding tert-OH is 1. The van der Waals surface area contributed by atoms with Crippen LogP contribution in [0.15, 0.2) is 36.7 Å². The summed E-state index contributed by atoms with van der Waals surface area (Å²) in [4.78, 5) is 29.7. The molecule has 3 aliphatic rings. The van der Waals surface area contributed by atoms with Crippen molar-refractivity contribution in [1.29, 1.82) is 0 Å². The number of ether oxygens (including phenoxy) is 2. The molecule has 39 heavy (non-hydrogen) atoms. The predicted molar refractivity (Wildman–Crippen MR) is 146 cm³/mol. The fourth-order valence-electron chi connectivity index (χ4n) is 6.06. The van der Waals surface area contributed by atoms with Gasteiger partial charge in [0.05, 0.1) is 31.6 Å². The summed E-state index contributed by atoms with van der Waals surface area (Å²) >= 11 is 0. The van der Waals surface area contributed by atoms with Gasteiger partial charge in [0.15, 0.2) is 0 Å². The summed E-state index contributed by atoms with van der Waals surface area (Å²) < 4.78 is 13.4. The summed E-state index contributed by atoms with van der Waals surface area (Å²) in [6.45, 7) is 14.4. The maximum atomic E-state index is 12.8. The Morgan fingerprint density at radius 1 is 1.15 bits per heavy atom. The predicted octanol–water partition coefficient (Wildman–Crippen LogP) is 3.16. The summed E-state index contributed by atoms with van der Waals surface area (Å²) in [6, 6.07) is 7.44. The number of carbonyl (C=O) groups is 2. The van der Waals surface area contributed by atoms with E-state index >= 15 is 0 Å². The van der Waals surface area contributed by atoms with Gasteiger partial charge in [-0.3, -0.25) is 14.4 Å². The summed E-state index contributed by atoms with van der Waals surface area (Å²) in [6.07, 6.45) is 4.70. The van der Waals surface area contributed by atoms with Crippen LogP contribution in [0.2, 0.25) is 0 Å². The first-order chi connectivity index (χ1) is 18.4. The number of nitrogens with zero attached hydrogens (tertiary/aromatic N) is 4. The Morgan fingerprint density at radius 2 is 1.87 bits per heavy atom. The van der Waals surface area contributed by atoms with Crippen molar-refractivity contribution in [3.8, 4) is 0 Å². The smallest absolute Gasteiger partial charge is 0.338 e. The van der Waals surface area contributed by atoms with Gasteiger partial charge in [-0.05, 0) is 44.2 Å². The van der Waals surface area contributed by atoms with Crippen molar-refractivity contribution in [3.05, 3.63) is 53.3 Å². The molecule has 1 aliphatic carbocycles. The molecule has 2 aliphatic heterocycles. The first-order valence-electron chi connectivity index (χ1n) is 13.9. The number of aromatic nitrogens is 2. The molecule has 1 saturated carbocycles. The zero-order valence-electron chi connectivity index (χ0n) is 23.9. The second-order valence-electron chi connectivity index (χ2n) is 13.4. The van der Waals surface area contributed by atoms with Crippen molar-refractivity contribution >= 4 is 11.9 Å². The Balaban J connectivity index is 1.10. The average molecular weight is 539 g/mol. The van der Waals surface area contributed by atoms with Gasteiger partial charge in [-0.25, -0.2) is 4.79 Å². The molecular formula is C30H42N4O5. The number of aliphatic hydroxyl groups is 1. The highest BCUT2D eigenvalue weighted by atomic mass is 16.6. The van der Waals surface area contributed by atoms with Crippen molar-refractivity contribution < 1.29 is 24.2 Å². The number of hydrogen-bond acceptors (Lipinski definition) is 7. The zero-order valence-corrected chi connectivity index (χ0v) is 23.9. The minimum Gasteiger partial charge on any atom is -0.456 e. The largest absolute Gasteiger partial charge is 0.456 e. The second-order valence-corrected chi connectivity index (χ2v) is 13.4. The zero-order chi connectivity index (χ0) is 28.0. The van der Waals surface area contributed by atoms with E-state index in [1.165, 1.54) is 0 Å². The molecule has 2 aromatic rings. The quantitative estimate of drug-likeness (QED) is 0.490. The standard InChI is InChI=1S/C30H42N4O5/c1-28(2,3)39-27(37)24-9-7-6-8-22(24)13-34-12-21(11-31-34)16-38-20-32-14-23(15-35)30(17-32)18-33(19-30)26(36)25-10-29(25,4)5/h6-9,11-12,23,25,35H,10,13-20H2,1-5H3/t23-,25+/m0/s1. The van der Waals surface area contributed by atoms with Gasteiger partial charge in [-0.2, -0.15) is 5.10 Å². The molecule has 1 amide bonds. The van der Waals surface area contributed by atoms with Gasteiger partial charge in [-0.15, -0.1) is 0 Å². The minimum atomic E-state index is -0.560. The minimum absolute atomic E-state index is 0.0286. The second kappa shape index (κ2) is 10.3. The van der Waals surface area contributed by atoms with Crippen LogP contribution in [0.4, 0.5) is 0 Å². The average Bonchev–Trinajstić information content (AvgIpc) is 3.16. The van der Waals surface area contributed by atoms with E-state index in [-0.39, 0.29) is 41.1 Å². The molecular weight excluding hydrogens is 496 g/mol. The number of likely N-dealkylation sites (tertiary alicyclic amines) is 2. The van der Waals surface area contributed by atoms with Crippen molar-refractivity contribution in [1.82, 2.24) is 19.6 Å². The summed E-state index contributed by atoms with van der Waals surface area (Å²) in [5.41, 5.74) is 1.89. The van der Waals surface area contributed by atoms with Gasteiger partial charge in [0.2, 0.25) is 5.91 Å². The lowest BCUT2D eigenvalue weighted by molar-refractivity contribution is -0.148. The monoisotopic (exact) mass is 538 g/mol. The normalized spacial score (nSPS) is 23.6. The van der Waals surface area contributed by atoms with E-state index in [1.807, 2.05) is 50.1 Å². The highest BCUT2D eigenvalue weighted by molar-refractivity contribution is 5.91. The number of amides is 1. The Morgan fingerprint density at radius 3 is 2.54 bits per heavy atom. The van der Waals surface area contributed by atoms with E-state index in [4.69, 9.17) is 9.47 Å². The molecule has 0 bridgehead atoms. The van der Waals surface area contributed by atoms with Gasteiger partial charge in [-0.1, -0.05) is 32.0 Å². The van der Waals surface area contributed by atoms with Gasteiger partial charge in [0.25, 0.3) is 0 Å². The molecule has 212 valence electrons. The lowest BCUT2D eigenvalue weighted by atomic mass is 9.71. The van der Waals surface area contributed by atoms with Crippen LogP contribution in [-0.4, -0.2) is 81.7 Å². The topological polar surface area (TPSA) is 97.1 Å². The highest BCUT2D eigenvalue weighted by Crippen LogP contribution is 2.54. The molecule has 2 atom stereocenters. The third-order valence-electron chi connectivity index (χ3n) is 8.44. The number of rotatable bonds is 9. The molecule has 2 saturated heterocycles. The maximum absolute atomic E-state index is 12.8. The first kappa shape index (κ1) is 27.8. The van der Waals surface area contributed by atoms with Crippen molar-refractivity contribution in [3.63, 3.8) is 0 Å². The molecule has 0 unspecified atom stereocenters. The van der Waals surface area contributed by atoms with E-state index in [0.717, 1.165) is 43.7 Å². The van der Waals surface area contributed by atoms with Crippen LogP contribution < -0.4 is 0 Å². The van der Waals surface area contributed by atoms with Crippen LogP contribution in [0.3, 0.4) is 0 Å².